The molecule has 0 aromatic heterocycles. The molecule has 0 bridgehead atoms. The molecule has 4 nitrogen and oxygen atoms in total. The van der Waals surface area contributed by atoms with Gasteiger partial charge in [-0.25, -0.2) is 22.4 Å². The van der Waals surface area contributed by atoms with Crippen molar-refractivity contribution in [2.24, 2.45) is 5.92 Å². The predicted octanol–water partition coefficient (Wildman–Crippen LogP) is 4.20. The van der Waals surface area contributed by atoms with Gasteiger partial charge in [-0.05, 0) is 42.3 Å². The van der Waals surface area contributed by atoms with Crippen LogP contribution in [0.15, 0.2) is 36.4 Å². The van der Waals surface area contributed by atoms with Crippen molar-refractivity contribution in [1.29, 1.82) is 0 Å². The van der Waals surface area contributed by atoms with E-state index in [9.17, 15) is 27.2 Å². The number of benzene rings is 2. The summed E-state index contributed by atoms with van der Waals surface area (Å²) in [6.07, 6.45) is 0. The largest absolute Gasteiger partial charge is 0.460 e. The lowest BCUT2D eigenvalue weighted by Crippen LogP contribution is -2.44. The van der Waals surface area contributed by atoms with E-state index in [1.165, 1.54) is 11.9 Å². The average Bonchev–Trinajstić information content (AvgIpc) is 2.65. The van der Waals surface area contributed by atoms with Crippen LogP contribution in [0.5, 0.6) is 0 Å². The number of amides is 1. The zero-order valence-corrected chi connectivity index (χ0v) is 15.5. The van der Waals surface area contributed by atoms with Gasteiger partial charge in [0.15, 0.2) is 23.3 Å². The van der Waals surface area contributed by atoms with Gasteiger partial charge < -0.3 is 9.64 Å². The summed E-state index contributed by atoms with van der Waals surface area (Å²) in [5, 5.41) is 0. The first-order valence-corrected chi connectivity index (χ1v) is 8.46. The molecule has 0 N–H and O–H groups in total. The van der Waals surface area contributed by atoms with Crippen LogP contribution in [0.4, 0.5) is 17.6 Å². The number of rotatable bonds is 6. The first kappa shape index (κ1) is 21.4. The number of carbonyl (C=O) groups excluding carboxylic acids is 2. The summed E-state index contributed by atoms with van der Waals surface area (Å²) >= 11 is 0. The summed E-state index contributed by atoms with van der Waals surface area (Å²) < 4.78 is 57.8. The monoisotopic (exact) mass is 397 g/mol. The van der Waals surface area contributed by atoms with Crippen molar-refractivity contribution in [3.8, 4) is 0 Å². The fourth-order valence-electron chi connectivity index (χ4n) is 2.60. The Morgan fingerprint density at radius 3 is 1.89 bits per heavy atom. The molecular weight excluding hydrogens is 378 g/mol. The van der Waals surface area contributed by atoms with Crippen molar-refractivity contribution in [2.45, 2.75) is 19.9 Å². The lowest BCUT2D eigenvalue weighted by molar-refractivity contribution is 0.0289. The zero-order valence-electron chi connectivity index (χ0n) is 15.5. The summed E-state index contributed by atoms with van der Waals surface area (Å²) in [5.41, 5.74) is -0.227. The number of hydrogen-bond acceptors (Lipinski definition) is 3. The molecule has 0 fully saturated rings. The van der Waals surface area contributed by atoms with E-state index in [0.717, 1.165) is 36.4 Å². The molecule has 0 aliphatic carbocycles. The van der Waals surface area contributed by atoms with Crippen molar-refractivity contribution in [2.75, 3.05) is 13.7 Å². The minimum Gasteiger partial charge on any atom is -0.460 e. The van der Waals surface area contributed by atoms with Gasteiger partial charge in [0, 0.05) is 12.6 Å². The van der Waals surface area contributed by atoms with E-state index in [2.05, 4.69) is 0 Å². The fourth-order valence-corrected chi connectivity index (χ4v) is 2.60. The van der Waals surface area contributed by atoms with Crippen LogP contribution in [0, 0.1) is 29.2 Å². The third-order valence-electron chi connectivity index (χ3n) is 4.29. The van der Waals surface area contributed by atoms with E-state index < -0.39 is 41.2 Å². The van der Waals surface area contributed by atoms with Crippen molar-refractivity contribution in [1.82, 2.24) is 4.90 Å². The van der Waals surface area contributed by atoms with E-state index >= 15 is 0 Å². The summed E-state index contributed by atoms with van der Waals surface area (Å²) in [5.74, 6) is -6.10. The second-order valence-corrected chi connectivity index (χ2v) is 6.58. The number of ether oxygens (including phenoxy) is 1. The van der Waals surface area contributed by atoms with Gasteiger partial charge in [0.1, 0.15) is 6.61 Å². The Morgan fingerprint density at radius 2 is 1.39 bits per heavy atom. The maximum absolute atomic E-state index is 13.4. The highest BCUT2D eigenvalue weighted by Gasteiger charge is 2.26. The first-order chi connectivity index (χ1) is 13.1. The van der Waals surface area contributed by atoms with Crippen molar-refractivity contribution in [3.63, 3.8) is 0 Å². The molecule has 28 heavy (non-hydrogen) atoms. The van der Waals surface area contributed by atoms with E-state index in [-0.39, 0.29) is 23.7 Å². The minimum absolute atomic E-state index is 0.0565. The third kappa shape index (κ3) is 4.88. The summed E-state index contributed by atoms with van der Waals surface area (Å²) in [4.78, 5) is 25.9. The van der Waals surface area contributed by atoms with Gasteiger partial charge in [-0.1, -0.05) is 13.8 Å². The molecule has 0 saturated heterocycles. The summed E-state index contributed by atoms with van der Waals surface area (Å²) in [6.45, 7) is 3.34. The zero-order chi connectivity index (χ0) is 21.0. The van der Waals surface area contributed by atoms with E-state index in [1.807, 2.05) is 0 Å². The van der Waals surface area contributed by atoms with Gasteiger partial charge >= 0.3 is 5.97 Å². The number of halogens is 4. The van der Waals surface area contributed by atoms with Gasteiger partial charge in [-0.15, -0.1) is 0 Å². The topological polar surface area (TPSA) is 46.6 Å². The molecule has 0 aliphatic rings. The van der Waals surface area contributed by atoms with Crippen LogP contribution in [-0.2, 0) is 4.74 Å². The van der Waals surface area contributed by atoms with Gasteiger partial charge in [-0.3, -0.25) is 4.79 Å². The molecule has 8 heteroatoms. The van der Waals surface area contributed by atoms with Crippen LogP contribution in [0.2, 0.25) is 0 Å². The fraction of sp³-hybridized carbons (Fsp3) is 0.300. The van der Waals surface area contributed by atoms with E-state index in [4.69, 9.17) is 4.74 Å². The Morgan fingerprint density at radius 1 is 0.893 bits per heavy atom. The van der Waals surface area contributed by atoms with Gasteiger partial charge in [0.25, 0.3) is 5.91 Å². The highest BCUT2D eigenvalue weighted by Crippen LogP contribution is 2.17. The van der Waals surface area contributed by atoms with Gasteiger partial charge in [0.2, 0.25) is 0 Å². The molecule has 1 amide bonds. The number of carbonyl (C=O) groups is 2. The Kier molecular flexibility index (Phi) is 6.77. The normalized spacial score (nSPS) is 12.0. The average molecular weight is 397 g/mol. The van der Waals surface area contributed by atoms with Crippen molar-refractivity contribution < 1.29 is 31.9 Å². The number of esters is 1. The van der Waals surface area contributed by atoms with Crippen LogP contribution >= 0.6 is 0 Å². The highest BCUT2D eigenvalue weighted by molar-refractivity contribution is 5.94. The highest BCUT2D eigenvalue weighted by atomic mass is 19.2. The van der Waals surface area contributed by atoms with Crippen LogP contribution in [0.1, 0.15) is 34.6 Å². The molecule has 0 saturated carbocycles. The summed E-state index contributed by atoms with van der Waals surface area (Å²) in [6, 6.07) is 4.82. The predicted molar refractivity (Wildman–Crippen MR) is 93.7 cm³/mol. The molecule has 1 atom stereocenters. The first-order valence-electron chi connectivity index (χ1n) is 8.46. The molecule has 2 rings (SSSR count). The molecule has 0 heterocycles. The van der Waals surface area contributed by atoms with Gasteiger partial charge in [0.05, 0.1) is 11.6 Å². The second-order valence-electron chi connectivity index (χ2n) is 6.58. The standard InChI is InChI=1S/C20H19F4NO3/c1-11(2)18(10-28-20(27)13-5-7-15(22)17(24)9-13)25(3)19(26)12-4-6-14(21)16(23)8-12/h4-9,11,18H,10H2,1-3H3/t18-/m1/s1. The Balaban J connectivity index is 2.11. The van der Waals surface area contributed by atoms with Gasteiger partial charge in [-0.2, -0.15) is 0 Å². The summed E-state index contributed by atoms with van der Waals surface area (Å²) in [7, 11) is 1.44. The number of nitrogens with zero attached hydrogens (tertiary/aromatic N) is 1. The molecule has 2 aromatic rings. The maximum atomic E-state index is 13.4. The Bertz CT molecular complexity index is 886. The van der Waals surface area contributed by atoms with Crippen LogP contribution in [0.3, 0.4) is 0 Å². The lowest BCUT2D eigenvalue weighted by Gasteiger charge is -2.31. The lowest BCUT2D eigenvalue weighted by atomic mass is 10.0. The molecular formula is C20H19F4NO3. The maximum Gasteiger partial charge on any atom is 0.338 e. The molecule has 0 spiro atoms. The van der Waals surface area contributed by atoms with Crippen LogP contribution < -0.4 is 0 Å². The molecule has 0 unspecified atom stereocenters. The van der Waals surface area contributed by atoms with Crippen LogP contribution in [0.25, 0.3) is 0 Å². The smallest absolute Gasteiger partial charge is 0.338 e. The van der Waals surface area contributed by atoms with E-state index in [1.54, 1.807) is 13.8 Å². The molecule has 0 aliphatic heterocycles. The molecule has 150 valence electrons. The quantitative estimate of drug-likeness (QED) is 0.542. The third-order valence-corrected chi connectivity index (χ3v) is 4.29. The Hall–Kier alpha value is -2.90. The second kappa shape index (κ2) is 8.86. The number of likely N-dealkylation sites (N-methyl/N-ethyl adjacent to an activating group) is 1. The van der Waals surface area contributed by atoms with Crippen LogP contribution in [-0.4, -0.2) is 36.5 Å². The molecule has 0 radical (unpaired) electrons. The SMILES string of the molecule is CC(C)[C@@H](COC(=O)c1ccc(F)c(F)c1)N(C)C(=O)c1ccc(F)c(F)c1. The van der Waals surface area contributed by atoms with Crippen molar-refractivity contribution in [3.05, 3.63) is 70.8 Å². The van der Waals surface area contributed by atoms with E-state index in [0.29, 0.717) is 0 Å². The minimum atomic E-state index is -1.18. The van der Waals surface area contributed by atoms with Crippen molar-refractivity contribution >= 4 is 11.9 Å². The number of hydrogen-bond donors (Lipinski definition) is 0. The Labute approximate surface area is 159 Å². The molecule has 2 aromatic carbocycles.